The molecule has 0 N–H and O–H groups in total. The van der Waals surface area contributed by atoms with Crippen molar-refractivity contribution >= 4 is 89.6 Å². The van der Waals surface area contributed by atoms with Gasteiger partial charge in [-0.1, -0.05) is 133 Å². The average Bonchev–Trinajstić information content (AvgIpc) is 3.75. The molecule has 0 spiro atoms. The number of hydrogen-bond donors (Lipinski definition) is 0. The fourth-order valence-electron chi connectivity index (χ4n) is 11.4. The third-order valence-electron chi connectivity index (χ3n) is 15.8. The maximum absolute atomic E-state index is 5.32. The first-order valence-electron chi connectivity index (χ1n) is 23.0. The van der Waals surface area contributed by atoms with E-state index in [2.05, 4.69) is 216 Å². The van der Waals surface area contributed by atoms with Crippen molar-refractivity contribution < 1.29 is 0 Å². The van der Waals surface area contributed by atoms with Crippen molar-refractivity contribution in [2.24, 2.45) is 0 Å². The van der Waals surface area contributed by atoms with Crippen LogP contribution in [0.3, 0.4) is 0 Å². The van der Waals surface area contributed by atoms with E-state index in [4.69, 9.17) is 4.98 Å². The lowest BCUT2D eigenvalue weighted by Crippen LogP contribution is -2.63. The van der Waals surface area contributed by atoms with Gasteiger partial charge in [0.25, 0.3) is 6.71 Å². The number of hydrogen-bond acceptors (Lipinski definition) is 3. The van der Waals surface area contributed by atoms with Crippen molar-refractivity contribution in [1.82, 2.24) is 9.38 Å². The Balaban J connectivity index is 1.43. The van der Waals surface area contributed by atoms with E-state index < -0.39 is 0 Å². The van der Waals surface area contributed by atoms with Crippen LogP contribution >= 0.6 is 0 Å². The second-order valence-corrected chi connectivity index (χ2v) is 24.2. The summed E-state index contributed by atoms with van der Waals surface area (Å²) in [6.07, 6.45) is 2.11. The molecule has 0 saturated carbocycles. The molecule has 0 saturated heterocycles. The Morgan fingerprint density at radius 3 is 1.56 bits per heavy atom. The predicted molar refractivity (Wildman–Crippen MR) is 269 cm³/mol. The highest BCUT2D eigenvalue weighted by atomic mass is 15.3. The second kappa shape index (κ2) is 11.8. The molecule has 3 aromatic heterocycles. The summed E-state index contributed by atoms with van der Waals surface area (Å²) >= 11 is 0. The number of pyridine rings is 1. The highest BCUT2D eigenvalue weighted by Gasteiger charge is 2.59. The lowest BCUT2D eigenvalue weighted by molar-refractivity contribution is 0.325. The van der Waals surface area contributed by atoms with E-state index in [1.807, 2.05) is 0 Å². The molecule has 314 valence electrons. The molecule has 4 nitrogen and oxygen atoms in total. The summed E-state index contributed by atoms with van der Waals surface area (Å²) in [6.45, 7) is 37.9. The van der Waals surface area contributed by atoms with Crippen molar-refractivity contribution in [1.29, 1.82) is 0 Å². The average molecular weight is 815 g/mol. The summed E-state index contributed by atoms with van der Waals surface area (Å²) in [6, 6.07) is 34.0. The van der Waals surface area contributed by atoms with Gasteiger partial charge in [0.05, 0.1) is 39.2 Å². The van der Waals surface area contributed by atoms with Crippen molar-refractivity contribution in [3.8, 4) is 0 Å². The van der Waals surface area contributed by atoms with E-state index in [1.54, 1.807) is 0 Å². The summed E-state index contributed by atoms with van der Waals surface area (Å²) in [5.74, 6) is 0. The van der Waals surface area contributed by atoms with Crippen molar-refractivity contribution in [2.75, 3.05) is 9.80 Å². The van der Waals surface area contributed by atoms with Gasteiger partial charge < -0.3 is 14.2 Å². The Kier molecular flexibility index (Phi) is 7.55. The lowest BCUT2D eigenvalue weighted by atomic mass is 9.33. The molecule has 0 amide bonds. The van der Waals surface area contributed by atoms with Crippen LogP contribution in [0, 0.1) is 0 Å². The third kappa shape index (κ3) is 4.94. The molecule has 0 atom stereocenters. The molecule has 3 aliphatic heterocycles. The van der Waals surface area contributed by atoms with Gasteiger partial charge in [-0.2, -0.15) is 0 Å². The zero-order valence-electron chi connectivity index (χ0n) is 40.0. The topological polar surface area (TPSA) is 23.8 Å². The van der Waals surface area contributed by atoms with Crippen LogP contribution in [0.2, 0.25) is 0 Å². The molecular formula is C57H63BN4. The van der Waals surface area contributed by atoms with Crippen LogP contribution in [0.15, 0.2) is 91.1 Å². The van der Waals surface area contributed by atoms with Gasteiger partial charge >= 0.3 is 0 Å². The molecule has 8 aromatic rings. The summed E-state index contributed by atoms with van der Waals surface area (Å²) in [4.78, 5) is 10.8. The minimum atomic E-state index is -0.297. The first-order chi connectivity index (χ1) is 28.8. The maximum Gasteiger partial charge on any atom is 0.252 e. The highest BCUT2D eigenvalue weighted by molar-refractivity contribution is 7.01. The Hall–Kier alpha value is -5.29. The van der Waals surface area contributed by atoms with Crippen molar-refractivity contribution in [3.63, 3.8) is 0 Å². The van der Waals surface area contributed by atoms with Crippen LogP contribution in [0.25, 0.3) is 38.1 Å². The normalized spacial score (nSPS) is 16.9. The fraction of sp³-hybridized carbons (Fsp3) is 0.386. The van der Waals surface area contributed by atoms with Crippen LogP contribution in [-0.2, 0) is 27.1 Å². The lowest BCUT2D eigenvalue weighted by Gasteiger charge is -2.48. The fourth-order valence-corrected chi connectivity index (χ4v) is 11.4. The molecule has 0 bridgehead atoms. The van der Waals surface area contributed by atoms with Gasteiger partial charge in [0.1, 0.15) is 0 Å². The Morgan fingerprint density at radius 2 is 1.02 bits per heavy atom. The molecular weight excluding hydrogens is 751 g/mol. The largest absolute Gasteiger partial charge is 0.334 e. The van der Waals surface area contributed by atoms with Gasteiger partial charge in [0.15, 0.2) is 0 Å². The van der Waals surface area contributed by atoms with E-state index in [-0.39, 0.29) is 39.3 Å². The van der Waals surface area contributed by atoms with Gasteiger partial charge in [0.2, 0.25) is 0 Å². The summed E-state index contributed by atoms with van der Waals surface area (Å²) in [5.41, 5.74) is 20.5. The van der Waals surface area contributed by atoms with Crippen LogP contribution in [-0.4, -0.2) is 21.6 Å². The first kappa shape index (κ1) is 39.6. The van der Waals surface area contributed by atoms with E-state index in [9.17, 15) is 0 Å². The monoisotopic (exact) mass is 815 g/mol. The van der Waals surface area contributed by atoms with Crippen LogP contribution in [0.1, 0.15) is 139 Å². The summed E-state index contributed by atoms with van der Waals surface area (Å²) < 4.78 is 2.63. The zero-order chi connectivity index (χ0) is 44.2. The first-order valence-corrected chi connectivity index (χ1v) is 23.0. The minimum absolute atomic E-state index is 0.000189. The Morgan fingerprint density at radius 1 is 0.516 bits per heavy atom. The molecule has 11 rings (SSSR count). The third-order valence-corrected chi connectivity index (χ3v) is 15.8. The zero-order valence-corrected chi connectivity index (χ0v) is 40.0. The molecule has 6 heterocycles. The summed E-state index contributed by atoms with van der Waals surface area (Å²) in [7, 11) is 0. The number of aromatic nitrogens is 2. The van der Waals surface area contributed by atoms with E-state index in [1.165, 1.54) is 111 Å². The van der Waals surface area contributed by atoms with E-state index in [0.29, 0.717) is 0 Å². The number of anilines is 5. The van der Waals surface area contributed by atoms with Gasteiger partial charge in [0, 0.05) is 50.2 Å². The van der Waals surface area contributed by atoms with E-state index >= 15 is 0 Å². The Labute approximate surface area is 369 Å². The van der Waals surface area contributed by atoms with Gasteiger partial charge in [-0.25, -0.2) is 0 Å². The number of nitrogens with zero attached hydrogens (tertiary/aromatic N) is 4. The maximum atomic E-state index is 5.32. The number of fused-ring (bicyclic) bond motifs is 12. The quantitative estimate of drug-likeness (QED) is 0.154. The number of benzene rings is 5. The minimum Gasteiger partial charge on any atom is -0.334 e. The Bertz CT molecular complexity index is 3220. The standard InChI is InChI=1S/C57H63BN4/c1-52(2,3)32-17-22-36(23-18-32)60-43-26-21-35(55(10,11)12)31-40(43)58-39-27-28-59-51-47(39)62(57(15,16)56(51,13)14)50-45-38-30-34(54(7,8)9)20-25-42(38)61-41-24-19-33(53(4,5)6)29-37(41)44(48(45)61)49(60)46(50)58/h17-31H,1-16H3. The van der Waals surface area contributed by atoms with Gasteiger partial charge in [-0.05, 0) is 123 Å². The van der Waals surface area contributed by atoms with Crippen LogP contribution in [0.4, 0.5) is 28.4 Å². The van der Waals surface area contributed by atoms with Crippen molar-refractivity contribution in [2.45, 2.75) is 143 Å². The van der Waals surface area contributed by atoms with Crippen molar-refractivity contribution in [3.05, 3.63) is 119 Å². The van der Waals surface area contributed by atoms with Gasteiger partial charge in [-0.3, -0.25) is 4.98 Å². The summed E-state index contributed by atoms with van der Waals surface area (Å²) in [5, 5.41) is 5.37. The molecule has 3 aliphatic rings. The number of rotatable bonds is 1. The van der Waals surface area contributed by atoms with Crippen LogP contribution < -0.4 is 26.2 Å². The molecule has 62 heavy (non-hydrogen) atoms. The molecule has 0 radical (unpaired) electrons. The molecule has 5 aromatic carbocycles. The van der Waals surface area contributed by atoms with E-state index in [0.717, 1.165) is 0 Å². The van der Waals surface area contributed by atoms with Crippen LogP contribution in [0.5, 0.6) is 0 Å². The molecule has 0 aliphatic carbocycles. The smallest absolute Gasteiger partial charge is 0.252 e. The van der Waals surface area contributed by atoms with Gasteiger partial charge in [-0.15, -0.1) is 0 Å². The second-order valence-electron chi connectivity index (χ2n) is 24.2. The highest BCUT2D eigenvalue weighted by Crippen LogP contribution is 2.60. The molecule has 0 fully saturated rings. The predicted octanol–water partition coefficient (Wildman–Crippen LogP) is 13.2. The molecule has 5 heteroatoms. The SMILES string of the molecule is CC(C)(C)c1ccc(N2c3ccc(C(C)(C)C)cc3B3c4ccnc5c4N(c4c3c2c2c3cc(C(C)(C)C)ccc3n3c6ccc(C(C)(C)C)cc6c4c23)C(C)(C)C5(C)C)cc1. The molecule has 0 unspecified atom stereocenters.